The van der Waals surface area contributed by atoms with Crippen LogP contribution in [0.15, 0.2) is 66.9 Å². The lowest BCUT2D eigenvalue weighted by Crippen LogP contribution is -2.23. The molecule has 1 aromatic heterocycles. The van der Waals surface area contributed by atoms with Crippen molar-refractivity contribution < 1.29 is 0 Å². The van der Waals surface area contributed by atoms with Crippen molar-refractivity contribution in [2.75, 3.05) is 0 Å². The minimum absolute atomic E-state index is 0.136. The zero-order valence-corrected chi connectivity index (χ0v) is 13.7. The zero-order chi connectivity index (χ0) is 15.9. The topological polar surface area (TPSA) is 12.9 Å². The van der Waals surface area contributed by atoms with Crippen LogP contribution in [0.5, 0.6) is 0 Å². The lowest BCUT2D eigenvalue weighted by atomic mass is 9.73. The van der Waals surface area contributed by atoms with Gasteiger partial charge in [0.1, 0.15) is 0 Å². The van der Waals surface area contributed by atoms with Gasteiger partial charge in [0.15, 0.2) is 0 Å². The second kappa shape index (κ2) is 5.34. The Morgan fingerprint density at radius 2 is 1.52 bits per heavy atom. The Hall–Kier alpha value is -2.41. The Bertz CT molecular complexity index is 845. The molecular formula is C22H21N. The van der Waals surface area contributed by atoms with Gasteiger partial charge in [0, 0.05) is 17.2 Å². The van der Waals surface area contributed by atoms with Crippen molar-refractivity contribution >= 4 is 0 Å². The molecule has 1 aliphatic rings. The molecule has 3 aromatic rings. The molecule has 0 amide bonds. The molecule has 0 aliphatic heterocycles. The molecule has 0 bridgehead atoms. The van der Waals surface area contributed by atoms with Gasteiger partial charge >= 0.3 is 0 Å². The second-order valence-corrected chi connectivity index (χ2v) is 6.31. The van der Waals surface area contributed by atoms with E-state index in [1.807, 2.05) is 12.3 Å². The van der Waals surface area contributed by atoms with Crippen LogP contribution in [-0.4, -0.2) is 4.98 Å². The van der Waals surface area contributed by atoms with Crippen molar-refractivity contribution in [3.05, 3.63) is 78.0 Å². The van der Waals surface area contributed by atoms with Gasteiger partial charge in [0.25, 0.3) is 0 Å². The summed E-state index contributed by atoms with van der Waals surface area (Å²) in [5, 5.41) is 0. The fourth-order valence-electron chi connectivity index (χ4n) is 4.16. The molecule has 0 saturated heterocycles. The zero-order valence-electron chi connectivity index (χ0n) is 13.7. The molecule has 1 heteroatoms. The number of hydrogen-bond donors (Lipinski definition) is 0. The Labute approximate surface area is 138 Å². The first-order valence-corrected chi connectivity index (χ1v) is 8.46. The van der Waals surface area contributed by atoms with Crippen LogP contribution in [-0.2, 0) is 5.41 Å². The summed E-state index contributed by atoms with van der Waals surface area (Å²) in [4.78, 5) is 4.52. The van der Waals surface area contributed by atoms with Crippen LogP contribution in [0.3, 0.4) is 0 Å². The van der Waals surface area contributed by atoms with Gasteiger partial charge in [0.2, 0.25) is 0 Å². The first-order valence-electron chi connectivity index (χ1n) is 8.46. The van der Waals surface area contributed by atoms with E-state index in [1.165, 1.54) is 27.8 Å². The third-order valence-corrected chi connectivity index (χ3v) is 5.44. The van der Waals surface area contributed by atoms with Gasteiger partial charge in [-0.1, -0.05) is 56.3 Å². The van der Waals surface area contributed by atoms with E-state index in [2.05, 4.69) is 73.4 Å². The standard InChI is InChI=1S/C22H21N/c1-3-22(4-2)19-10-6-5-9-17(19)18-13-12-16(15-20(18)22)21-11-7-8-14-23-21/h5-15H,3-4H2,1-2H3. The molecule has 1 nitrogen and oxygen atoms in total. The molecule has 4 rings (SSSR count). The molecule has 0 radical (unpaired) electrons. The Morgan fingerprint density at radius 3 is 2.26 bits per heavy atom. The van der Waals surface area contributed by atoms with Gasteiger partial charge in [-0.15, -0.1) is 0 Å². The molecule has 1 heterocycles. The van der Waals surface area contributed by atoms with Crippen molar-refractivity contribution in [1.82, 2.24) is 4.98 Å². The minimum atomic E-state index is 0.136. The third kappa shape index (κ3) is 1.96. The average Bonchev–Trinajstić information content (AvgIpc) is 2.92. The van der Waals surface area contributed by atoms with Crippen LogP contribution in [0.2, 0.25) is 0 Å². The SMILES string of the molecule is CCC1(CC)c2ccccc2-c2ccc(-c3ccccn3)cc21. The van der Waals surface area contributed by atoms with Crippen LogP contribution in [0.25, 0.3) is 22.4 Å². The van der Waals surface area contributed by atoms with Crippen LogP contribution < -0.4 is 0 Å². The highest BCUT2D eigenvalue weighted by atomic mass is 14.7. The van der Waals surface area contributed by atoms with Gasteiger partial charge in [0.05, 0.1) is 5.69 Å². The summed E-state index contributed by atoms with van der Waals surface area (Å²) >= 11 is 0. The number of pyridine rings is 1. The molecular weight excluding hydrogens is 278 g/mol. The maximum Gasteiger partial charge on any atom is 0.0702 e. The first kappa shape index (κ1) is 14.2. The molecule has 0 atom stereocenters. The van der Waals surface area contributed by atoms with E-state index in [1.54, 1.807) is 0 Å². The molecule has 0 fully saturated rings. The maximum atomic E-state index is 4.52. The lowest BCUT2D eigenvalue weighted by Gasteiger charge is -2.29. The van der Waals surface area contributed by atoms with Crippen molar-refractivity contribution in [3.63, 3.8) is 0 Å². The lowest BCUT2D eigenvalue weighted by molar-refractivity contribution is 0.490. The smallest absolute Gasteiger partial charge is 0.0702 e. The summed E-state index contributed by atoms with van der Waals surface area (Å²) in [6, 6.07) is 21.9. The Kier molecular flexibility index (Phi) is 3.30. The molecule has 114 valence electrons. The van der Waals surface area contributed by atoms with Gasteiger partial charge in [-0.3, -0.25) is 4.98 Å². The molecule has 1 aliphatic carbocycles. The number of hydrogen-bond acceptors (Lipinski definition) is 1. The van der Waals surface area contributed by atoms with Gasteiger partial charge in [-0.05, 0) is 53.3 Å². The molecule has 0 spiro atoms. The predicted octanol–water partition coefficient (Wildman–Crippen LogP) is 5.84. The van der Waals surface area contributed by atoms with Crippen LogP contribution in [0.4, 0.5) is 0 Å². The number of fused-ring (bicyclic) bond motifs is 3. The van der Waals surface area contributed by atoms with Crippen molar-refractivity contribution in [1.29, 1.82) is 0 Å². The third-order valence-electron chi connectivity index (χ3n) is 5.44. The van der Waals surface area contributed by atoms with Gasteiger partial charge in [-0.2, -0.15) is 0 Å². The largest absolute Gasteiger partial charge is 0.256 e. The summed E-state index contributed by atoms with van der Waals surface area (Å²) in [5.74, 6) is 0. The van der Waals surface area contributed by atoms with E-state index in [4.69, 9.17) is 0 Å². The van der Waals surface area contributed by atoms with E-state index in [-0.39, 0.29) is 5.41 Å². The van der Waals surface area contributed by atoms with Gasteiger partial charge in [-0.25, -0.2) is 0 Å². The molecule has 0 saturated carbocycles. The average molecular weight is 299 g/mol. The van der Waals surface area contributed by atoms with E-state index >= 15 is 0 Å². The van der Waals surface area contributed by atoms with Crippen molar-refractivity contribution in [2.45, 2.75) is 32.1 Å². The summed E-state index contributed by atoms with van der Waals surface area (Å²) < 4.78 is 0. The summed E-state index contributed by atoms with van der Waals surface area (Å²) in [6.45, 7) is 4.62. The predicted molar refractivity (Wildman–Crippen MR) is 96.5 cm³/mol. The van der Waals surface area contributed by atoms with Crippen molar-refractivity contribution in [3.8, 4) is 22.4 Å². The summed E-state index contributed by atoms with van der Waals surface area (Å²) in [5.41, 5.74) is 8.14. The second-order valence-electron chi connectivity index (χ2n) is 6.31. The van der Waals surface area contributed by atoms with Crippen LogP contribution >= 0.6 is 0 Å². The van der Waals surface area contributed by atoms with E-state index in [0.717, 1.165) is 18.5 Å². The fraction of sp³-hybridized carbons (Fsp3) is 0.227. The number of nitrogens with zero attached hydrogens (tertiary/aromatic N) is 1. The maximum absolute atomic E-state index is 4.52. The summed E-state index contributed by atoms with van der Waals surface area (Å²) in [7, 11) is 0. The molecule has 0 N–H and O–H groups in total. The number of aromatic nitrogens is 1. The quantitative estimate of drug-likeness (QED) is 0.592. The monoisotopic (exact) mass is 299 g/mol. The molecule has 23 heavy (non-hydrogen) atoms. The van der Waals surface area contributed by atoms with E-state index < -0.39 is 0 Å². The number of rotatable bonds is 3. The van der Waals surface area contributed by atoms with Crippen LogP contribution in [0.1, 0.15) is 37.8 Å². The van der Waals surface area contributed by atoms with E-state index in [0.29, 0.717) is 0 Å². The normalized spacial score (nSPS) is 14.3. The highest BCUT2D eigenvalue weighted by molar-refractivity contribution is 5.83. The Balaban J connectivity index is 1.97. The minimum Gasteiger partial charge on any atom is -0.256 e. The number of benzene rings is 2. The molecule has 0 unspecified atom stereocenters. The fourth-order valence-corrected chi connectivity index (χ4v) is 4.16. The Morgan fingerprint density at radius 1 is 0.783 bits per heavy atom. The highest BCUT2D eigenvalue weighted by Gasteiger charge is 2.40. The van der Waals surface area contributed by atoms with E-state index in [9.17, 15) is 0 Å². The van der Waals surface area contributed by atoms with Crippen LogP contribution in [0, 0.1) is 0 Å². The highest BCUT2D eigenvalue weighted by Crippen LogP contribution is 2.53. The van der Waals surface area contributed by atoms with Crippen molar-refractivity contribution in [2.24, 2.45) is 0 Å². The summed E-state index contributed by atoms with van der Waals surface area (Å²) in [6.07, 6.45) is 4.11. The molecule has 2 aromatic carbocycles. The van der Waals surface area contributed by atoms with Gasteiger partial charge < -0.3 is 0 Å². The first-order chi connectivity index (χ1) is 11.3.